The molecule has 0 aliphatic carbocycles. The molecule has 126 valence electrons. The van der Waals surface area contributed by atoms with E-state index in [1.165, 1.54) is 0 Å². The number of rotatable bonds is 5. The number of amides is 1. The number of likely N-dealkylation sites (N-methyl/N-ethyl adjacent to an activating group) is 1. The van der Waals surface area contributed by atoms with Crippen molar-refractivity contribution in [1.82, 2.24) is 24.8 Å². The van der Waals surface area contributed by atoms with E-state index in [-0.39, 0.29) is 5.91 Å². The van der Waals surface area contributed by atoms with E-state index in [1.54, 1.807) is 18.6 Å². The zero-order valence-corrected chi connectivity index (χ0v) is 14.0. The fraction of sp³-hybridized carbons (Fsp3) is 0.444. The second kappa shape index (κ2) is 7.97. The maximum absolute atomic E-state index is 12.6. The molecule has 0 N–H and O–H groups in total. The van der Waals surface area contributed by atoms with E-state index in [4.69, 9.17) is 0 Å². The maximum atomic E-state index is 12.6. The summed E-state index contributed by atoms with van der Waals surface area (Å²) in [5.41, 5.74) is 2.10. The van der Waals surface area contributed by atoms with Crippen molar-refractivity contribution in [2.45, 2.75) is 25.3 Å². The van der Waals surface area contributed by atoms with Gasteiger partial charge in [0, 0.05) is 56.5 Å². The molecule has 6 heteroatoms. The van der Waals surface area contributed by atoms with Crippen LogP contribution in [0.15, 0.2) is 43.1 Å². The molecule has 0 bridgehead atoms. The third-order valence-corrected chi connectivity index (χ3v) is 4.36. The monoisotopic (exact) mass is 325 g/mol. The number of carbonyl (C=O) groups is 1. The van der Waals surface area contributed by atoms with Crippen LogP contribution >= 0.6 is 0 Å². The lowest BCUT2D eigenvalue weighted by Gasteiger charge is -2.33. The first-order chi connectivity index (χ1) is 11.7. The summed E-state index contributed by atoms with van der Waals surface area (Å²) < 4.78 is 0. The summed E-state index contributed by atoms with van der Waals surface area (Å²) in [7, 11) is 1.97. The molecule has 1 amide bonds. The van der Waals surface area contributed by atoms with Crippen LogP contribution in [0.25, 0.3) is 0 Å². The molecule has 0 unspecified atom stereocenters. The first kappa shape index (κ1) is 16.5. The van der Waals surface area contributed by atoms with Gasteiger partial charge in [-0.15, -0.1) is 0 Å². The summed E-state index contributed by atoms with van der Waals surface area (Å²) in [4.78, 5) is 29.3. The van der Waals surface area contributed by atoms with Gasteiger partial charge in [-0.2, -0.15) is 0 Å². The minimum Gasteiger partial charge on any atom is -0.341 e. The molecule has 1 fully saturated rings. The Balaban J connectivity index is 1.54. The van der Waals surface area contributed by atoms with Crippen molar-refractivity contribution in [2.75, 3.05) is 26.7 Å². The third kappa shape index (κ3) is 4.35. The van der Waals surface area contributed by atoms with Crippen molar-refractivity contribution in [2.24, 2.45) is 0 Å². The second-order valence-corrected chi connectivity index (χ2v) is 6.34. The van der Waals surface area contributed by atoms with Crippen LogP contribution < -0.4 is 0 Å². The van der Waals surface area contributed by atoms with Crippen LogP contribution in [-0.4, -0.2) is 57.3 Å². The van der Waals surface area contributed by atoms with Gasteiger partial charge in [0.1, 0.15) is 0 Å². The summed E-state index contributed by atoms with van der Waals surface area (Å²) in [5, 5.41) is 0. The Morgan fingerprint density at radius 2 is 2.17 bits per heavy atom. The Bertz CT molecular complexity index is 649. The summed E-state index contributed by atoms with van der Waals surface area (Å²) >= 11 is 0. The number of hydrogen-bond acceptors (Lipinski definition) is 5. The molecule has 0 radical (unpaired) electrons. The lowest BCUT2D eigenvalue weighted by Crippen LogP contribution is -2.43. The van der Waals surface area contributed by atoms with Gasteiger partial charge in [-0.1, -0.05) is 6.07 Å². The molecule has 0 spiro atoms. The molecule has 2 aromatic rings. The number of pyridine rings is 1. The average molecular weight is 325 g/mol. The molecule has 1 aliphatic rings. The van der Waals surface area contributed by atoms with E-state index in [0.29, 0.717) is 12.5 Å². The van der Waals surface area contributed by atoms with Crippen molar-refractivity contribution in [1.29, 1.82) is 0 Å². The normalized spacial score (nSPS) is 17.9. The van der Waals surface area contributed by atoms with Crippen LogP contribution in [0.2, 0.25) is 0 Å². The molecule has 3 rings (SSSR count). The highest BCUT2D eigenvalue weighted by molar-refractivity contribution is 5.78. The molecule has 3 heterocycles. The van der Waals surface area contributed by atoms with E-state index < -0.39 is 0 Å². The molecular formula is C18H23N5O. The molecule has 1 atom stereocenters. The van der Waals surface area contributed by atoms with Crippen LogP contribution in [0.5, 0.6) is 0 Å². The second-order valence-electron chi connectivity index (χ2n) is 6.34. The van der Waals surface area contributed by atoms with Crippen molar-refractivity contribution < 1.29 is 4.79 Å². The standard InChI is InChI=1S/C18H23N5O/c1-22(12-15-4-2-6-19-10-15)14-18(24)23-9-3-5-16(13-23)17-11-20-7-8-21-17/h2,4,6-8,10-11,16H,3,5,9,12-14H2,1H3/t16-/m1/s1. The van der Waals surface area contributed by atoms with Gasteiger partial charge in [0.25, 0.3) is 0 Å². The van der Waals surface area contributed by atoms with E-state index in [0.717, 1.165) is 43.7 Å². The fourth-order valence-electron chi connectivity index (χ4n) is 3.16. The highest BCUT2D eigenvalue weighted by Crippen LogP contribution is 2.24. The molecule has 0 saturated carbocycles. The molecule has 2 aromatic heterocycles. The van der Waals surface area contributed by atoms with Crippen LogP contribution in [0.3, 0.4) is 0 Å². The molecule has 24 heavy (non-hydrogen) atoms. The minimum atomic E-state index is 0.176. The first-order valence-corrected chi connectivity index (χ1v) is 8.33. The van der Waals surface area contributed by atoms with Crippen LogP contribution in [0.4, 0.5) is 0 Å². The van der Waals surface area contributed by atoms with Gasteiger partial charge >= 0.3 is 0 Å². The number of piperidine rings is 1. The highest BCUT2D eigenvalue weighted by Gasteiger charge is 2.26. The van der Waals surface area contributed by atoms with Gasteiger partial charge in [0.2, 0.25) is 5.91 Å². The summed E-state index contributed by atoms with van der Waals surface area (Å²) in [6, 6.07) is 3.94. The Labute approximate surface area is 142 Å². The number of likely N-dealkylation sites (tertiary alicyclic amines) is 1. The molecule has 1 aliphatic heterocycles. The number of carbonyl (C=O) groups excluding carboxylic acids is 1. The Kier molecular flexibility index (Phi) is 5.48. The van der Waals surface area contributed by atoms with Crippen molar-refractivity contribution >= 4 is 5.91 Å². The minimum absolute atomic E-state index is 0.176. The Morgan fingerprint density at radius 1 is 1.29 bits per heavy atom. The molecule has 0 aromatic carbocycles. The highest BCUT2D eigenvalue weighted by atomic mass is 16.2. The number of aromatic nitrogens is 3. The predicted molar refractivity (Wildman–Crippen MR) is 91.2 cm³/mol. The molecule has 1 saturated heterocycles. The largest absolute Gasteiger partial charge is 0.341 e. The number of hydrogen-bond donors (Lipinski definition) is 0. The predicted octanol–water partition coefficient (Wildman–Crippen LogP) is 1.71. The SMILES string of the molecule is CN(CC(=O)N1CCC[C@@H](c2cnccn2)C1)Cc1cccnc1. The third-order valence-electron chi connectivity index (χ3n) is 4.36. The Hall–Kier alpha value is -2.34. The smallest absolute Gasteiger partial charge is 0.236 e. The summed E-state index contributed by atoms with van der Waals surface area (Å²) in [6.07, 6.45) is 10.9. The number of nitrogens with zero attached hydrogens (tertiary/aromatic N) is 5. The van der Waals surface area contributed by atoms with E-state index in [1.807, 2.05) is 41.4 Å². The van der Waals surface area contributed by atoms with Crippen LogP contribution in [0.1, 0.15) is 30.0 Å². The average Bonchev–Trinajstić information content (AvgIpc) is 2.63. The van der Waals surface area contributed by atoms with Gasteiger partial charge in [-0.05, 0) is 31.5 Å². The van der Waals surface area contributed by atoms with E-state index >= 15 is 0 Å². The molecule has 6 nitrogen and oxygen atoms in total. The topological polar surface area (TPSA) is 62.2 Å². The van der Waals surface area contributed by atoms with Gasteiger partial charge < -0.3 is 4.90 Å². The van der Waals surface area contributed by atoms with Gasteiger partial charge in [0.05, 0.1) is 12.2 Å². The van der Waals surface area contributed by atoms with Gasteiger partial charge in [-0.3, -0.25) is 24.6 Å². The van der Waals surface area contributed by atoms with Crippen molar-refractivity contribution in [3.05, 3.63) is 54.4 Å². The van der Waals surface area contributed by atoms with E-state index in [9.17, 15) is 4.79 Å². The van der Waals surface area contributed by atoms with Crippen LogP contribution in [-0.2, 0) is 11.3 Å². The van der Waals surface area contributed by atoms with Gasteiger partial charge in [-0.25, -0.2) is 0 Å². The zero-order valence-electron chi connectivity index (χ0n) is 14.0. The summed E-state index contributed by atoms with van der Waals surface area (Å²) in [5.74, 6) is 0.468. The summed E-state index contributed by atoms with van der Waals surface area (Å²) in [6.45, 7) is 2.71. The fourth-order valence-corrected chi connectivity index (χ4v) is 3.16. The lowest BCUT2D eigenvalue weighted by molar-refractivity contribution is -0.133. The Morgan fingerprint density at radius 3 is 2.92 bits per heavy atom. The van der Waals surface area contributed by atoms with Crippen LogP contribution in [0, 0.1) is 0 Å². The quantitative estimate of drug-likeness (QED) is 0.837. The van der Waals surface area contributed by atoms with Crippen molar-refractivity contribution in [3.63, 3.8) is 0 Å². The zero-order chi connectivity index (χ0) is 16.8. The maximum Gasteiger partial charge on any atom is 0.236 e. The van der Waals surface area contributed by atoms with E-state index in [2.05, 4.69) is 15.0 Å². The lowest BCUT2D eigenvalue weighted by atomic mass is 9.95. The first-order valence-electron chi connectivity index (χ1n) is 8.33. The van der Waals surface area contributed by atoms with Gasteiger partial charge in [0.15, 0.2) is 0 Å². The molecular weight excluding hydrogens is 302 g/mol. The van der Waals surface area contributed by atoms with Crippen molar-refractivity contribution in [3.8, 4) is 0 Å².